The summed E-state index contributed by atoms with van der Waals surface area (Å²) < 4.78 is 5.21. The minimum Gasteiger partial charge on any atom is -0.445 e. The fraction of sp³-hybridized carbons (Fsp3) is 0.533. The van der Waals surface area contributed by atoms with Gasteiger partial charge in [0.25, 0.3) is 0 Å². The number of hydrogen-bond donors (Lipinski definition) is 1. The molecule has 1 aromatic carbocycles. The molecule has 1 atom stereocenters. The maximum atomic E-state index is 11.7. The number of alkyl carbamates (subject to hydrolysis) is 1. The Morgan fingerprint density at radius 3 is 2.50 bits per heavy atom. The van der Waals surface area contributed by atoms with Gasteiger partial charge in [-0.1, -0.05) is 57.5 Å². The zero-order chi connectivity index (χ0) is 13.4. The number of benzene rings is 1. The van der Waals surface area contributed by atoms with Crippen LogP contribution >= 0.6 is 0 Å². The van der Waals surface area contributed by atoms with E-state index in [2.05, 4.69) is 26.1 Å². The normalized spacial score (nSPS) is 12.2. The van der Waals surface area contributed by atoms with E-state index in [0.717, 1.165) is 18.4 Å². The van der Waals surface area contributed by atoms with Crippen LogP contribution in [0.2, 0.25) is 0 Å². The summed E-state index contributed by atoms with van der Waals surface area (Å²) in [5, 5.41) is 2.93. The molecule has 1 rings (SSSR count). The van der Waals surface area contributed by atoms with Gasteiger partial charge in [-0.3, -0.25) is 0 Å². The number of amides is 1. The molecule has 3 heteroatoms. The number of hydrogen-bond acceptors (Lipinski definition) is 2. The monoisotopic (exact) mass is 249 g/mol. The Labute approximate surface area is 110 Å². The van der Waals surface area contributed by atoms with Crippen molar-refractivity contribution in [3.8, 4) is 0 Å². The number of nitrogens with one attached hydrogen (secondary N) is 1. The third kappa shape index (κ3) is 5.21. The first kappa shape index (κ1) is 14.6. The summed E-state index contributed by atoms with van der Waals surface area (Å²) in [6.45, 7) is 6.66. The average molecular weight is 249 g/mol. The molecule has 0 saturated carbocycles. The van der Waals surface area contributed by atoms with E-state index in [1.54, 1.807) is 0 Å². The average Bonchev–Trinajstić information content (AvgIpc) is 2.37. The molecule has 0 radical (unpaired) electrons. The smallest absolute Gasteiger partial charge is 0.407 e. The van der Waals surface area contributed by atoms with Crippen LogP contribution in [-0.4, -0.2) is 12.1 Å². The topological polar surface area (TPSA) is 38.3 Å². The van der Waals surface area contributed by atoms with E-state index in [0.29, 0.717) is 12.5 Å². The molecule has 1 aromatic rings. The van der Waals surface area contributed by atoms with Gasteiger partial charge in [0.15, 0.2) is 0 Å². The van der Waals surface area contributed by atoms with Crippen molar-refractivity contribution in [3.05, 3.63) is 35.9 Å². The highest BCUT2D eigenvalue weighted by Crippen LogP contribution is 2.09. The lowest BCUT2D eigenvalue weighted by atomic mass is 10.00. The molecule has 0 aliphatic heterocycles. The molecule has 0 aliphatic rings. The standard InChI is InChI=1S/C15H23NO2/c1-4-8-14(12(2)3)16-15(17)18-11-13-9-6-5-7-10-13/h5-7,9-10,12,14H,4,8,11H2,1-3H3,(H,16,17)/t14-/m1/s1. The van der Waals surface area contributed by atoms with Gasteiger partial charge in [0, 0.05) is 6.04 Å². The van der Waals surface area contributed by atoms with E-state index >= 15 is 0 Å². The zero-order valence-electron chi connectivity index (χ0n) is 11.5. The Kier molecular flexibility index (Phi) is 6.26. The lowest BCUT2D eigenvalue weighted by Gasteiger charge is -2.21. The zero-order valence-corrected chi connectivity index (χ0v) is 11.5. The summed E-state index contributed by atoms with van der Waals surface area (Å²) in [6, 6.07) is 9.89. The molecule has 0 bridgehead atoms. The number of ether oxygens (including phenoxy) is 1. The van der Waals surface area contributed by atoms with Gasteiger partial charge in [0.1, 0.15) is 6.61 Å². The van der Waals surface area contributed by atoms with E-state index in [1.165, 1.54) is 0 Å². The number of carbonyl (C=O) groups excluding carboxylic acids is 1. The quantitative estimate of drug-likeness (QED) is 0.834. The van der Waals surface area contributed by atoms with Crippen molar-refractivity contribution in [3.63, 3.8) is 0 Å². The predicted octanol–water partition coefficient (Wildman–Crippen LogP) is 3.74. The second kappa shape index (κ2) is 7.75. The molecule has 1 N–H and O–H groups in total. The van der Waals surface area contributed by atoms with E-state index in [4.69, 9.17) is 4.74 Å². The molecule has 0 heterocycles. The summed E-state index contributed by atoms with van der Waals surface area (Å²) in [5.41, 5.74) is 1.00. The van der Waals surface area contributed by atoms with E-state index in [-0.39, 0.29) is 12.1 Å². The first-order valence-electron chi connectivity index (χ1n) is 6.60. The van der Waals surface area contributed by atoms with Crippen LogP contribution in [0, 0.1) is 5.92 Å². The highest BCUT2D eigenvalue weighted by atomic mass is 16.5. The van der Waals surface area contributed by atoms with Gasteiger partial charge in [0.2, 0.25) is 0 Å². The van der Waals surface area contributed by atoms with E-state index in [9.17, 15) is 4.79 Å². The van der Waals surface area contributed by atoms with Crippen LogP contribution in [0.5, 0.6) is 0 Å². The van der Waals surface area contributed by atoms with Gasteiger partial charge >= 0.3 is 6.09 Å². The fourth-order valence-electron chi connectivity index (χ4n) is 1.80. The van der Waals surface area contributed by atoms with Crippen molar-refractivity contribution in [2.75, 3.05) is 0 Å². The van der Waals surface area contributed by atoms with Crippen LogP contribution in [-0.2, 0) is 11.3 Å². The first-order valence-corrected chi connectivity index (χ1v) is 6.60. The molecule has 0 saturated heterocycles. The third-order valence-electron chi connectivity index (χ3n) is 2.92. The lowest BCUT2D eigenvalue weighted by Crippen LogP contribution is -2.38. The van der Waals surface area contributed by atoms with Crippen molar-refractivity contribution in [2.45, 2.75) is 46.3 Å². The van der Waals surface area contributed by atoms with Crippen molar-refractivity contribution < 1.29 is 9.53 Å². The lowest BCUT2D eigenvalue weighted by molar-refractivity contribution is 0.132. The number of carbonyl (C=O) groups is 1. The Morgan fingerprint density at radius 2 is 1.94 bits per heavy atom. The van der Waals surface area contributed by atoms with Crippen LogP contribution in [0.1, 0.15) is 39.2 Å². The molecule has 18 heavy (non-hydrogen) atoms. The molecular weight excluding hydrogens is 226 g/mol. The SMILES string of the molecule is CCC[C@@H](NC(=O)OCc1ccccc1)C(C)C. The highest BCUT2D eigenvalue weighted by Gasteiger charge is 2.15. The summed E-state index contributed by atoms with van der Waals surface area (Å²) in [5.74, 6) is 0.425. The third-order valence-corrected chi connectivity index (χ3v) is 2.92. The molecule has 0 fully saturated rings. The van der Waals surface area contributed by atoms with Crippen molar-refractivity contribution in [1.82, 2.24) is 5.32 Å². The Bertz CT molecular complexity index is 349. The minimum atomic E-state index is -0.328. The van der Waals surface area contributed by atoms with Crippen molar-refractivity contribution in [1.29, 1.82) is 0 Å². The summed E-state index contributed by atoms with van der Waals surface area (Å²) >= 11 is 0. The second-order valence-electron chi connectivity index (χ2n) is 4.85. The van der Waals surface area contributed by atoms with Crippen molar-refractivity contribution >= 4 is 6.09 Å². The fourth-order valence-corrected chi connectivity index (χ4v) is 1.80. The number of rotatable bonds is 6. The molecular formula is C15H23NO2. The minimum absolute atomic E-state index is 0.193. The molecule has 3 nitrogen and oxygen atoms in total. The summed E-state index contributed by atoms with van der Waals surface area (Å²) in [6.07, 6.45) is 1.71. The van der Waals surface area contributed by atoms with E-state index < -0.39 is 0 Å². The van der Waals surface area contributed by atoms with Crippen LogP contribution < -0.4 is 5.32 Å². The Morgan fingerprint density at radius 1 is 1.28 bits per heavy atom. The van der Waals surface area contributed by atoms with Crippen LogP contribution in [0.25, 0.3) is 0 Å². The first-order chi connectivity index (χ1) is 8.63. The predicted molar refractivity (Wildman–Crippen MR) is 73.3 cm³/mol. The van der Waals surface area contributed by atoms with E-state index in [1.807, 2.05) is 30.3 Å². The largest absolute Gasteiger partial charge is 0.445 e. The van der Waals surface area contributed by atoms with Gasteiger partial charge in [0.05, 0.1) is 0 Å². The molecule has 0 aromatic heterocycles. The van der Waals surface area contributed by atoms with Crippen molar-refractivity contribution in [2.24, 2.45) is 5.92 Å². The summed E-state index contributed by atoms with van der Waals surface area (Å²) in [4.78, 5) is 11.7. The molecule has 0 unspecified atom stereocenters. The molecule has 0 aliphatic carbocycles. The molecule has 0 spiro atoms. The van der Waals surface area contributed by atoms with Gasteiger partial charge < -0.3 is 10.1 Å². The van der Waals surface area contributed by atoms with Gasteiger partial charge in [-0.2, -0.15) is 0 Å². The maximum absolute atomic E-state index is 11.7. The molecule has 1 amide bonds. The van der Waals surface area contributed by atoms with Crippen LogP contribution in [0.3, 0.4) is 0 Å². The van der Waals surface area contributed by atoms with Crippen LogP contribution in [0.15, 0.2) is 30.3 Å². The van der Waals surface area contributed by atoms with Gasteiger partial charge in [-0.25, -0.2) is 4.79 Å². The Hall–Kier alpha value is -1.51. The second-order valence-corrected chi connectivity index (χ2v) is 4.85. The highest BCUT2D eigenvalue weighted by molar-refractivity contribution is 5.67. The maximum Gasteiger partial charge on any atom is 0.407 e. The Balaban J connectivity index is 2.36. The van der Waals surface area contributed by atoms with Gasteiger partial charge in [-0.05, 0) is 17.9 Å². The molecule has 100 valence electrons. The summed E-state index contributed by atoms with van der Waals surface area (Å²) in [7, 11) is 0. The van der Waals surface area contributed by atoms with Crippen LogP contribution in [0.4, 0.5) is 4.79 Å². The van der Waals surface area contributed by atoms with Gasteiger partial charge in [-0.15, -0.1) is 0 Å².